The molecule has 0 aromatic carbocycles. The summed E-state index contributed by atoms with van der Waals surface area (Å²) in [5.74, 6) is -0.234. The molecule has 2 aromatic rings. The van der Waals surface area contributed by atoms with Gasteiger partial charge in [-0.15, -0.1) is 0 Å². The van der Waals surface area contributed by atoms with E-state index in [-0.39, 0.29) is 5.78 Å². The first-order valence-electron chi connectivity index (χ1n) is 5.01. The van der Waals surface area contributed by atoms with Gasteiger partial charge in [-0.2, -0.15) is 5.10 Å². The Bertz CT molecular complexity index is 568. The normalized spacial score (nSPS) is 10.5. The van der Waals surface area contributed by atoms with Crippen molar-refractivity contribution in [3.05, 3.63) is 45.4 Å². The Morgan fingerprint density at radius 1 is 1.59 bits per heavy atom. The van der Waals surface area contributed by atoms with Gasteiger partial charge in [0, 0.05) is 17.2 Å². The minimum atomic E-state index is -0.234. The van der Waals surface area contributed by atoms with Gasteiger partial charge in [-0.3, -0.25) is 14.5 Å². The summed E-state index contributed by atoms with van der Waals surface area (Å²) in [4.78, 5) is 16.3. The Morgan fingerprint density at radius 2 is 2.35 bits per heavy atom. The molecule has 2 rings (SSSR count). The summed E-state index contributed by atoms with van der Waals surface area (Å²) < 4.78 is 2.20. The van der Waals surface area contributed by atoms with Gasteiger partial charge in [0.1, 0.15) is 11.4 Å². The largest absolute Gasteiger partial charge is 0.285 e. The zero-order chi connectivity index (χ0) is 12.4. The predicted octanol–water partition coefficient (Wildman–Crippen LogP) is 2.94. The average Bonchev–Trinajstić information content (AvgIpc) is 2.70. The van der Waals surface area contributed by atoms with Crippen molar-refractivity contribution < 1.29 is 4.79 Å². The number of carbonyl (C=O) groups is 1. The van der Waals surface area contributed by atoms with Crippen molar-refractivity contribution in [1.29, 1.82) is 0 Å². The number of carbonyl (C=O) groups excluding carboxylic acids is 1. The molecule has 17 heavy (non-hydrogen) atoms. The van der Waals surface area contributed by atoms with Crippen LogP contribution in [-0.2, 0) is 6.54 Å². The zero-order valence-electron chi connectivity index (χ0n) is 9.02. The van der Waals surface area contributed by atoms with Crippen molar-refractivity contribution >= 4 is 33.3 Å². The van der Waals surface area contributed by atoms with Crippen molar-refractivity contribution in [2.24, 2.45) is 0 Å². The molecule has 0 aliphatic rings. The van der Waals surface area contributed by atoms with Crippen molar-refractivity contribution in [3.8, 4) is 0 Å². The summed E-state index contributed by atoms with van der Waals surface area (Å²) in [6, 6.07) is 3.51. The first kappa shape index (κ1) is 12.3. The van der Waals surface area contributed by atoms with Gasteiger partial charge >= 0.3 is 0 Å². The van der Waals surface area contributed by atoms with Crippen molar-refractivity contribution in [2.45, 2.75) is 13.5 Å². The second kappa shape index (κ2) is 4.98. The highest BCUT2D eigenvalue weighted by molar-refractivity contribution is 9.10. The molecule has 0 aliphatic heterocycles. The molecule has 0 saturated carbocycles. The van der Waals surface area contributed by atoms with Crippen LogP contribution in [0.25, 0.3) is 0 Å². The molecule has 0 unspecified atom stereocenters. The van der Waals surface area contributed by atoms with Crippen LogP contribution in [0.15, 0.2) is 29.0 Å². The lowest BCUT2D eigenvalue weighted by atomic mass is 10.2. The first-order chi connectivity index (χ1) is 8.15. The first-order valence-corrected chi connectivity index (χ1v) is 6.18. The summed E-state index contributed by atoms with van der Waals surface area (Å²) >= 11 is 9.27. The van der Waals surface area contributed by atoms with Gasteiger partial charge in [0.15, 0.2) is 0 Å². The third kappa shape index (κ3) is 2.25. The lowest BCUT2D eigenvalue weighted by molar-refractivity contribution is 0.102. The summed E-state index contributed by atoms with van der Waals surface area (Å²) in [6.07, 6.45) is 3.04. The van der Waals surface area contributed by atoms with Gasteiger partial charge in [-0.05, 0) is 35.0 Å². The Hall–Kier alpha value is -1.20. The summed E-state index contributed by atoms with van der Waals surface area (Å²) in [7, 11) is 0. The van der Waals surface area contributed by atoms with Gasteiger partial charge in [0.05, 0.1) is 11.2 Å². The van der Waals surface area contributed by atoms with Crippen molar-refractivity contribution in [1.82, 2.24) is 14.8 Å². The Kier molecular flexibility index (Phi) is 3.59. The fraction of sp³-hybridized carbons (Fsp3) is 0.182. The van der Waals surface area contributed by atoms with E-state index in [0.29, 0.717) is 27.4 Å². The molecule has 4 nitrogen and oxygen atoms in total. The minimum absolute atomic E-state index is 0.234. The lowest BCUT2D eigenvalue weighted by Crippen LogP contribution is -2.12. The van der Waals surface area contributed by atoms with Crippen LogP contribution in [0.1, 0.15) is 23.1 Å². The van der Waals surface area contributed by atoms with Gasteiger partial charge in [0.2, 0.25) is 5.78 Å². The maximum atomic E-state index is 12.3. The van der Waals surface area contributed by atoms with Gasteiger partial charge in [-0.25, -0.2) is 0 Å². The van der Waals surface area contributed by atoms with Gasteiger partial charge < -0.3 is 0 Å². The maximum Gasteiger partial charge on any atom is 0.232 e. The molecule has 0 aliphatic carbocycles. The van der Waals surface area contributed by atoms with Crippen LogP contribution in [0, 0.1) is 0 Å². The van der Waals surface area contributed by atoms with E-state index in [1.165, 1.54) is 6.20 Å². The average molecular weight is 315 g/mol. The Balaban J connectivity index is 2.51. The molecule has 88 valence electrons. The molecule has 0 amide bonds. The summed E-state index contributed by atoms with van der Waals surface area (Å²) in [5.41, 5.74) is 0.707. The Morgan fingerprint density at radius 3 is 3.00 bits per heavy atom. The van der Waals surface area contributed by atoms with E-state index < -0.39 is 0 Å². The fourth-order valence-corrected chi connectivity index (χ4v) is 2.15. The molecule has 0 fully saturated rings. The maximum absolute atomic E-state index is 12.3. The molecule has 0 saturated heterocycles. The van der Waals surface area contributed by atoms with Crippen molar-refractivity contribution in [3.63, 3.8) is 0 Å². The third-order valence-electron chi connectivity index (χ3n) is 2.28. The lowest BCUT2D eigenvalue weighted by Gasteiger charge is -2.05. The van der Waals surface area contributed by atoms with Crippen LogP contribution in [0.2, 0.25) is 5.02 Å². The van der Waals surface area contributed by atoms with E-state index in [2.05, 4.69) is 26.0 Å². The third-order valence-corrected chi connectivity index (χ3v) is 3.20. The molecule has 0 spiro atoms. The van der Waals surface area contributed by atoms with E-state index in [9.17, 15) is 4.79 Å². The minimum Gasteiger partial charge on any atom is -0.285 e. The summed E-state index contributed by atoms with van der Waals surface area (Å²) in [5, 5.41) is 4.37. The number of hydrogen-bond acceptors (Lipinski definition) is 3. The van der Waals surface area contributed by atoms with Crippen LogP contribution in [0.5, 0.6) is 0 Å². The van der Waals surface area contributed by atoms with E-state index in [1.807, 2.05) is 6.92 Å². The van der Waals surface area contributed by atoms with Crippen LogP contribution in [-0.4, -0.2) is 20.5 Å². The van der Waals surface area contributed by atoms with E-state index in [1.54, 1.807) is 23.0 Å². The SMILES string of the molecule is CCn1ncc(Cl)c1C(=O)c1ncccc1Br. The molecule has 2 heterocycles. The second-order valence-corrected chi connectivity index (χ2v) is 4.58. The molecular formula is C11H9BrClN3O. The molecular weight excluding hydrogens is 305 g/mol. The number of ketones is 1. The number of aromatic nitrogens is 3. The number of nitrogens with zero attached hydrogens (tertiary/aromatic N) is 3. The van der Waals surface area contributed by atoms with Crippen LogP contribution < -0.4 is 0 Å². The molecule has 0 N–H and O–H groups in total. The predicted molar refractivity (Wildman–Crippen MR) is 68.3 cm³/mol. The highest BCUT2D eigenvalue weighted by Gasteiger charge is 2.21. The molecule has 0 atom stereocenters. The summed E-state index contributed by atoms with van der Waals surface area (Å²) in [6.45, 7) is 2.48. The smallest absolute Gasteiger partial charge is 0.232 e. The number of aryl methyl sites for hydroxylation is 1. The van der Waals surface area contributed by atoms with E-state index in [4.69, 9.17) is 11.6 Å². The van der Waals surface area contributed by atoms with Gasteiger partial charge in [0.25, 0.3) is 0 Å². The van der Waals surface area contributed by atoms with Crippen LogP contribution in [0.4, 0.5) is 0 Å². The standard InChI is InChI=1S/C11H9BrClN3O/c1-2-16-10(8(13)6-15-16)11(17)9-7(12)4-3-5-14-9/h3-6H,2H2,1H3. The molecule has 6 heteroatoms. The monoisotopic (exact) mass is 313 g/mol. The fourth-order valence-electron chi connectivity index (χ4n) is 1.49. The van der Waals surface area contributed by atoms with Gasteiger partial charge in [-0.1, -0.05) is 11.6 Å². The highest BCUT2D eigenvalue weighted by atomic mass is 79.9. The highest BCUT2D eigenvalue weighted by Crippen LogP contribution is 2.22. The number of halogens is 2. The number of rotatable bonds is 3. The second-order valence-electron chi connectivity index (χ2n) is 3.32. The molecule has 2 aromatic heterocycles. The van der Waals surface area contributed by atoms with Crippen LogP contribution in [0.3, 0.4) is 0 Å². The zero-order valence-corrected chi connectivity index (χ0v) is 11.4. The van der Waals surface area contributed by atoms with Crippen LogP contribution >= 0.6 is 27.5 Å². The number of pyridine rings is 1. The number of hydrogen-bond donors (Lipinski definition) is 0. The quantitative estimate of drug-likeness (QED) is 0.818. The topological polar surface area (TPSA) is 47.8 Å². The molecule has 0 bridgehead atoms. The molecule has 0 radical (unpaired) electrons. The van der Waals surface area contributed by atoms with E-state index in [0.717, 1.165) is 0 Å². The van der Waals surface area contributed by atoms with E-state index >= 15 is 0 Å². The van der Waals surface area contributed by atoms with Crippen molar-refractivity contribution in [2.75, 3.05) is 0 Å². The Labute approximate surface area is 112 Å².